The molecule has 0 spiro atoms. The highest BCUT2D eigenvalue weighted by molar-refractivity contribution is 5.99. The van der Waals surface area contributed by atoms with Crippen LogP contribution >= 0.6 is 0 Å². The van der Waals surface area contributed by atoms with E-state index < -0.39 is 0 Å². The average molecular weight is 262 g/mol. The molecular formula is C14H22N4O. The Morgan fingerprint density at radius 3 is 2.89 bits per heavy atom. The number of piperidine rings is 1. The minimum absolute atomic E-state index is 0.0649. The summed E-state index contributed by atoms with van der Waals surface area (Å²) in [4.78, 5) is 6.74. The Morgan fingerprint density at radius 1 is 1.53 bits per heavy atom. The van der Waals surface area contributed by atoms with Crippen LogP contribution in [-0.4, -0.2) is 37.1 Å². The molecule has 1 aliphatic rings. The van der Waals surface area contributed by atoms with Gasteiger partial charge in [0.05, 0.1) is 11.7 Å². The molecule has 1 aromatic rings. The smallest absolute Gasteiger partial charge is 0.139 e. The molecule has 3 N–H and O–H groups in total. The van der Waals surface area contributed by atoms with Crippen LogP contribution in [-0.2, 0) is 4.74 Å². The zero-order chi connectivity index (χ0) is 14.0. The lowest BCUT2D eigenvalue weighted by Gasteiger charge is -2.37. The third-order valence-corrected chi connectivity index (χ3v) is 3.80. The zero-order valence-corrected chi connectivity index (χ0v) is 11.8. The molecule has 0 aliphatic carbocycles. The number of aryl methyl sites for hydroxylation is 1. The molecule has 1 saturated heterocycles. The van der Waals surface area contributed by atoms with Crippen molar-refractivity contribution in [2.24, 2.45) is 11.7 Å². The van der Waals surface area contributed by atoms with E-state index >= 15 is 0 Å². The highest BCUT2D eigenvalue weighted by Crippen LogP contribution is 2.26. The summed E-state index contributed by atoms with van der Waals surface area (Å²) in [6.07, 6.45) is 1.27. The van der Waals surface area contributed by atoms with Crippen molar-refractivity contribution in [1.82, 2.24) is 4.98 Å². The van der Waals surface area contributed by atoms with Gasteiger partial charge in [0.15, 0.2) is 0 Å². The van der Waals surface area contributed by atoms with Gasteiger partial charge in [0.1, 0.15) is 11.7 Å². The molecule has 5 nitrogen and oxygen atoms in total. The number of ether oxygens (including phenoxy) is 1. The van der Waals surface area contributed by atoms with E-state index in [0.717, 1.165) is 31.0 Å². The Bertz CT molecular complexity index is 475. The van der Waals surface area contributed by atoms with Crippen molar-refractivity contribution in [3.05, 3.63) is 23.4 Å². The standard InChI is InChI=1S/C14H22N4O/c1-9-6-7-18(8-12(9)19-3)14-11(13(15)16)5-4-10(2)17-14/h4-5,9,12H,6-8H2,1-3H3,(H3,15,16). The third kappa shape index (κ3) is 2.87. The van der Waals surface area contributed by atoms with Crippen LogP contribution in [0.5, 0.6) is 0 Å². The molecule has 2 rings (SSSR count). The number of rotatable bonds is 3. The van der Waals surface area contributed by atoms with Crippen LogP contribution in [0.3, 0.4) is 0 Å². The fraction of sp³-hybridized carbons (Fsp3) is 0.571. The van der Waals surface area contributed by atoms with E-state index in [2.05, 4.69) is 16.8 Å². The Balaban J connectivity index is 2.31. The first kappa shape index (κ1) is 13.8. The number of anilines is 1. The van der Waals surface area contributed by atoms with Gasteiger partial charge in [-0.25, -0.2) is 4.98 Å². The number of aromatic nitrogens is 1. The molecule has 1 aromatic heterocycles. The van der Waals surface area contributed by atoms with Crippen molar-refractivity contribution in [3.8, 4) is 0 Å². The predicted octanol–water partition coefficient (Wildman–Crippen LogP) is 1.54. The molecule has 19 heavy (non-hydrogen) atoms. The van der Waals surface area contributed by atoms with Gasteiger partial charge in [-0.15, -0.1) is 0 Å². The van der Waals surface area contributed by atoms with Gasteiger partial charge in [0.2, 0.25) is 0 Å². The van der Waals surface area contributed by atoms with Crippen LogP contribution in [0.1, 0.15) is 24.6 Å². The maximum atomic E-state index is 7.68. The van der Waals surface area contributed by atoms with E-state index in [1.165, 1.54) is 0 Å². The second kappa shape index (κ2) is 5.57. The highest BCUT2D eigenvalue weighted by Gasteiger charge is 2.28. The molecule has 0 saturated carbocycles. The predicted molar refractivity (Wildman–Crippen MR) is 76.8 cm³/mol. The Kier molecular flexibility index (Phi) is 4.04. The van der Waals surface area contributed by atoms with E-state index in [1.807, 2.05) is 19.1 Å². The first-order chi connectivity index (χ1) is 9.02. The van der Waals surface area contributed by atoms with Crippen LogP contribution < -0.4 is 10.6 Å². The lowest BCUT2D eigenvalue weighted by Crippen LogP contribution is -2.45. The quantitative estimate of drug-likeness (QED) is 0.640. The summed E-state index contributed by atoms with van der Waals surface area (Å²) in [5.74, 6) is 1.42. The first-order valence-electron chi connectivity index (χ1n) is 6.62. The number of nitrogens with zero attached hydrogens (tertiary/aromatic N) is 2. The number of amidine groups is 1. The third-order valence-electron chi connectivity index (χ3n) is 3.80. The minimum Gasteiger partial charge on any atom is -0.384 e. The SMILES string of the molecule is COC1CN(c2nc(C)ccc2C(=N)N)CCC1C. The Hall–Kier alpha value is -1.62. The van der Waals surface area contributed by atoms with Crippen LogP contribution in [0, 0.1) is 18.3 Å². The molecule has 0 aromatic carbocycles. The van der Waals surface area contributed by atoms with E-state index in [-0.39, 0.29) is 11.9 Å². The Morgan fingerprint density at radius 2 is 2.26 bits per heavy atom. The van der Waals surface area contributed by atoms with Crippen molar-refractivity contribution in [3.63, 3.8) is 0 Å². The fourth-order valence-corrected chi connectivity index (χ4v) is 2.53. The van der Waals surface area contributed by atoms with E-state index in [1.54, 1.807) is 7.11 Å². The van der Waals surface area contributed by atoms with Crippen LogP contribution in [0.15, 0.2) is 12.1 Å². The number of hydrogen-bond donors (Lipinski definition) is 2. The summed E-state index contributed by atoms with van der Waals surface area (Å²) >= 11 is 0. The van der Waals surface area contributed by atoms with Gasteiger partial charge >= 0.3 is 0 Å². The van der Waals surface area contributed by atoms with Crippen molar-refractivity contribution in [2.75, 3.05) is 25.1 Å². The second-order valence-corrected chi connectivity index (χ2v) is 5.22. The fourth-order valence-electron chi connectivity index (χ4n) is 2.53. The van der Waals surface area contributed by atoms with Gasteiger partial charge in [0.25, 0.3) is 0 Å². The summed E-state index contributed by atoms with van der Waals surface area (Å²) in [5.41, 5.74) is 7.29. The van der Waals surface area contributed by atoms with Gasteiger partial charge in [-0.05, 0) is 31.4 Å². The van der Waals surface area contributed by atoms with Crippen LogP contribution in [0.25, 0.3) is 0 Å². The highest BCUT2D eigenvalue weighted by atomic mass is 16.5. The van der Waals surface area contributed by atoms with Crippen molar-refractivity contribution in [2.45, 2.75) is 26.4 Å². The topological polar surface area (TPSA) is 75.2 Å². The molecule has 104 valence electrons. The maximum absolute atomic E-state index is 7.68. The van der Waals surface area contributed by atoms with Gasteiger partial charge < -0.3 is 15.4 Å². The number of methoxy groups -OCH3 is 1. The van der Waals surface area contributed by atoms with Crippen LogP contribution in [0.2, 0.25) is 0 Å². The van der Waals surface area contributed by atoms with Crippen molar-refractivity contribution < 1.29 is 4.74 Å². The maximum Gasteiger partial charge on any atom is 0.139 e. The molecule has 1 aliphatic heterocycles. The lowest BCUT2D eigenvalue weighted by atomic mass is 9.95. The molecule has 1 fully saturated rings. The van der Waals surface area contributed by atoms with Crippen molar-refractivity contribution in [1.29, 1.82) is 5.41 Å². The summed E-state index contributed by atoms with van der Waals surface area (Å²) in [7, 11) is 1.75. The number of hydrogen-bond acceptors (Lipinski definition) is 4. The van der Waals surface area contributed by atoms with Gasteiger partial charge in [-0.2, -0.15) is 0 Å². The van der Waals surface area contributed by atoms with Gasteiger partial charge in [-0.3, -0.25) is 5.41 Å². The molecule has 5 heteroatoms. The molecule has 0 bridgehead atoms. The summed E-state index contributed by atoms with van der Waals surface area (Å²) in [6.45, 7) is 5.89. The molecule has 0 amide bonds. The molecule has 2 atom stereocenters. The average Bonchev–Trinajstić information content (AvgIpc) is 2.38. The van der Waals surface area contributed by atoms with Gasteiger partial charge in [-0.1, -0.05) is 6.92 Å². The lowest BCUT2D eigenvalue weighted by molar-refractivity contribution is 0.0496. The second-order valence-electron chi connectivity index (χ2n) is 5.22. The van der Waals surface area contributed by atoms with Crippen molar-refractivity contribution >= 4 is 11.7 Å². The minimum atomic E-state index is 0.0649. The molecule has 2 unspecified atom stereocenters. The zero-order valence-electron chi connectivity index (χ0n) is 11.8. The molecular weight excluding hydrogens is 240 g/mol. The number of nitrogen functional groups attached to an aromatic ring is 1. The molecule has 2 heterocycles. The van der Waals surface area contributed by atoms with Crippen LogP contribution in [0.4, 0.5) is 5.82 Å². The Labute approximate surface area is 114 Å². The number of pyridine rings is 1. The summed E-state index contributed by atoms with van der Waals surface area (Å²) in [5, 5.41) is 7.68. The largest absolute Gasteiger partial charge is 0.384 e. The molecule has 0 radical (unpaired) electrons. The summed E-state index contributed by atoms with van der Waals surface area (Å²) in [6, 6.07) is 3.76. The van der Waals surface area contributed by atoms with E-state index in [4.69, 9.17) is 15.9 Å². The monoisotopic (exact) mass is 262 g/mol. The summed E-state index contributed by atoms with van der Waals surface area (Å²) < 4.78 is 5.53. The number of nitrogens with one attached hydrogen (secondary N) is 1. The van der Waals surface area contributed by atoms with E-state index in [9.17, 15) is 0 Å². The number of nitrogens with two attached hydrogens (primary N) is 1. The first-order valence-corrected chi connectivity index (χ1v) is 6.62. The van der Waals surface area contributed by atoms with E-state index in [0.29, 0.717) is 11.5 Å². The van der Waals surface area contributed by atoms with Gasteiger partial charge in [0, 0.05) is 25.9 Å². The normalized spacial score (nSPS) is 23.4.